The molecule has 1 aliphatic rings. The number of hydrogen-bond acceptors (Lipinski definition) is 10. The van der Waals surface area contributed by atoms with Gasteiger partial charge in [0.15, 0.2) is 12.6 Å². The van der Waals surface area contributed by atoms with Crippen LogP contribution in [0.5, 0.6) is 0 Å². The Kier molecular flexibility index (Phi) is 47.8. The van der Waals surface area contributed by atoms with Crippen LogP contribution in [0.2, 0.25) is 0 Å². The molecule has 0 aromatic heterocycles. The summed E-state index contributed by atoms with van der Waals surface area (Å²) in [6.07, 6.45) is 36.7. The number of rotatable bonds is 53. The molecule has 1 aliphatic heterocycles. The van der Waals surface area contributed by atoms with Crippen molar-refractivity contribution in [2.24, 2.45) is 5.92 Å². The highest BCUT2D eigenvalue weighted by Crippen LogP contribution is 2.26. The predicted molar refractivity (Wildman–Crippen MR) is 292 cm³/mol. The van der Waals surface area contributed by atoms with Crippen LogP contribution < -0.4 is 0 Å². The van der Waals surface area contributed by atoms with Gasteiger partial charge in [0.2, 0.25) is 0 Å². The summed E-state index contributed by atoms with van der Waals surface area (Å²) < 4.78 is 52.0. The van der Waals surface area contributed by atoms with Gasteiger partial charge in [0.1, 0.15) is 0 Å². The molecule has 0 saturated carbocycles. The van der Waals surface area contributed by atoms with E-state index in [-0.39, 0.29) is 24.5 Å². The van der Waals surface area contributed by atoms with Gasteiger partial charge in [-0.25, -0.2) is 8.51 Å². The van der Waals surface area contributed by atoms with E-state index in [1.54, 1.807) is 0 Å². The number of nitrogens with zero attached hydrogens (tertiary/aromatic N) is 2. The summed E-state index contributed by atoms with van der Waals surface area (Å²) in [5.74, 6) is 1.06. The molecule has 0 aromatic rings. The normalized spacial score (nSPS) is 14.2. The Morgan fingerprint density at radius 1 is 0.471 bits per heavy atom. The Morgan fingerprint density at radius 2 is 0.814 bits per heavy atom. The van der Waals surface area contributed by atoms with Crippen LogP contribution in [0.4, 0.5) is 0 Å². The average Bonchev–Trinajstić information content (AvgIpc) is 3.36. The summed E-state index contributed by atoms with van der Waals surface area (Å²) in [6, 6.07) is 0.327. The zero-order valence-corrected chi connectivity index (χ0v) is 47.6. The Bertz CT molecular complexity index is 1090. The van der Waals surface area contributed by atoms with Gasteiger partial charge in [-0.3, -0.25) is 9.59 Å². The Balaban J connectivity index is 2.67. The maximum Gasteiger partial charge on any atom is 0.305 e. The fourth-order valence-corrected chi connectivity index (χ4v) is 10.8. The van der Waals surface area contributed by atoms with Gasteiger partial charge in [-0.1, -0.05) is 169 Å². The fraction of sp³-hybridized carbons (Fsp3) is 0.966. The number of likely N-dealkylation sites (tertiary alicyclic amines) is 1. The molecule has 1 rings (SSSR count). The predicted octanol–water partition coefficient (Wildman–Crippen LogP) is 14.8. The molecule has 0 aromatic carbocycles. The largest absolute Gasteiger partial charge is 0.466 e. The molecular formula is C58H114N2O9S. The van der Waals surface area contributed by atoms with Crippen molar-refractivity contribution in [1.29, 1.82) is 0 Å². The first-order chi connectivity index (χ1) is 34.3. The maximum absolute atomic E-state index is 14.3. The van der Waals surface area contributed by atoms with Crippen LogP contribution in [0, 0.1) is 5.92 Å². The van der Waals surface area contributed by atoms with E-state index in [1.165, 1.54) is 44.9 Å². The maximum atomic E-state index is 14.3. The SMILES string of the molecule is CCCCCCCC[S@](=O)N(CC1CCN(C)CC1)C(CCCCCCCOC(=O)CCC(OCCCCC)OCCCCC)CCCCCCCOC(=O)CCC(OCCCCC)OCCCCC. The first kappa shape index (κ1) is 66.9. The van der Waals surface area contributed by atoms with E-state index in [9.17, 15) is 13.8 Å². The van der Waals surface area contributed by atoms with Crippen molar-refractivity contribution in [2.75, 3.05) is 72.1 Å². The molecule has 1 fully saturated rings. The lowest BCUT2D eigenvalue weighted by atomic mass is 9.95. The average molecular weight is 1020 g/mol. The van der Waals surface area contributed by atoms with E-state index in [0.29, 0.717) is 77.3 Å². The molecule has 1 atom stereocenters. The van der Waals surface area contributed by atoms with Crippen molar-refractivity contribution in [3.8, 4) is 0 Å². The molecule has 0 amide bonds. The summed E-state index contributed by atoms with van der Waals surface area (Å²) in [4.78, 5) is 27.7. The van der Waals surface area contributed by atoms with Gasteiger partial charge in [0.05, 0.1) is 37.0 Å². The lowest BCUT2D eigenvalue weighted by molar-refractivity contribution is -0.159. The molecule has 0 bridgehead atoms. The topological polar surface area (TPSA) is 113 Å². The summed E-state index contributed by atoms with van der Waals surface area (Å²) in [6.45, 7) is 17.8. The van der Waals surface area contributed by atoms with Crippen molar-refractivity contribution >= 4 is 22.9 Å². The summed E-state index contributed by atoms with van der Waals surface area (Å²) in [7, 11) is 1.26. The van der Waals surface area contributed by atoms with Crippen molar-refractivity contribution in [3.63, 3.8) is 0 Å². The van der Waals surface area contributed by atoms with Crippen LogP contribution >= 0.6 is 0 Å². The second kappa shape index (κ2) is 50.0. The number of piperidine rings is 1. The minimum Gasteiger partial charge on any atom is -0.466 e. The smallest absolute Gasteiger partial charge is 0.305 e. The molecule has 1 saturated heterocycles. The third kappa shape index (κ3) is 40.3. The second-order valence-corrected chi connectivity index (χ2v) is 22.1. The molecule has 0 radical (unpaired) electrons. The van der Waals surface area contributed by atoms with Gasteiger partial charge in [-0.2, -0.15) is 0 Å². The van der Waals surface area contributed by atoms with E-state index >= 15 is 0 Å². The Morgan fingerprint density at radius 3 is 1.23 bits per heavy atom. The van der Waals surface area contributed by atoms with Crippen LogP contribution in [0.15, 0.2) is 0 Å². The number of esters is 2. The lowest BCUT2D eigenvalue weighted by Gasteiger charge is -2.36. The van der Waals surface area contributed by atoms with Crippen LogP contribution in [0.1, 0.15) is 266 Å². The van der Waals surface area contributed by atoms with Crippen molar-refractivity contribution in [1.82, 2.24) is 9.21 Å². The fourth-order valence-electron chi connectivity index (χ4n) is 9.16. The molecular weight excluding hydrogens is 901 g/mol. The molecule has 11 nitrogen and oxygen atoms in total. The van der Waals surface area contributed by atoms with E-state index < -0.39 is 11.0 Å². The van der Waals surface area contributed by atoms with Crippen molar-refractivity contribution in [2.45, 2.75) is 284 Å². The standard InChI is InChI=1S/C58H114N2O9S/c1-7-12-17-18-25-34-51-70(63)60(52-53-41-43-59(6)44-42-53)54(35-26-21-19-23-32-45-64-55(61)37-39-57(66-47-28-13-8-2)67-48-29-14-9-3)36-27-22-20-24-33-46-65-56(62)38-40-58(68-49-30-15-10-4)69-50-31-16-11-5/h53-54,57-58H,7-52H2,1-6H3/t70-/m0/s1. The van der Waals surface area contributed by atoms with Crippen LogP contribution in [0.3, 0.4) is 0 Å². The minimum absolute atomic E-state index is 0.161. The van der Waals surface area contributed by atoms with Gasteiger partial charge in [-0.05, 0) is 96.7 Å². The molecule has 0 N–H and O–H groups in total. The molecule has 0 aliphatic carbocycles. The highest BCUT2D eigenvalue weighted by Gasteiger charge is 2.28. The van der Waals surface area contributed by atoms with E-state index in [0.717, 1.165) is 186 Å². The second-order valence-electron chi connectivity index (χ2n) is 20.6. The molecule has 416 valence electrons. The Hall–Kier alpha value is -1.15. The third-order valence-electron chi connectivity index (χ3n) is 13.9. The van der Waals surface area contributed by atoms with E-state index in [1.807, 2.05) is 0 Å². The van der Waals surface area contributed by atoms with Gasteiger partial charge < -0.3 is 33.3 Å². The number of carbonyl (C=O) groups is 2. The number of unbranched alkanes of at least 4 members (excludes halogenated alkanes) is 21. The monoisotopic (exact) mass is 1010 g/mol. The minimum atomic E-state index is -0.969. The van der Waals surface area contributed by atoms with Crippen LogP contribution in [-0.4, -0.2) is 116 Å². The first-order valence-corrected chi connectivity index (χ1v) is 31.2. The number of carbonyl (C=O) groups excluding carboxylic acids is 2. The van der Waals surface area contributed by atoms with Crippen molar-refractivity contribution in [3.05, 3.63) is 0 Å². The van der Waals surface area contributed by atoms with Gasteiger partial charge in [0, 0.05) is 57.6 Å². The highest BCUT2D eigenvalue weighted by molar-refractivity contribution is 7.82. The van der Waals surface area contributed by atoms with Gasteiger partial charge >= 0.3 is 11.9 Å². The molecule has 0 unspecified atom stereocenters. The number of hydrogen-bond donors (Lipinski definition) is 0. The zero-order valence-electron chi connectivity index (χ0n) is 46.8. The number of ether oxygens (including phenoxy) is 6. The molecule has 0 spiro atoms. The van der Waals surface area contributed by atoms with Crippen LogP contribution in [-0.2, 0) is 49.0 Å². The lowest BCUT2D eigenvalue weighted by Crippen LogP contribution is -2.43. The first-order valence-electron chi connectivity index (χ1n) is 29.9. The third-order valence-corrected chi connectivity index (χ3v) is 15.5. The quantitative estimate of drug-likeness (QED) is 0.0332. The van der Waals surface area contributed by atoms with E-state index in [2.05, 4.69) is 50.9 Å². The van der Waals surface area contributed by atoms with Gasteiger partial charge in [-0.15, -0.1) is 0 Å². The molecule has 12 heteroatoms. The highest BCUT2D eigenvalue weighted by atomic mass is 32.2. The van der Waals surface area contributed by atoms with Crippen LogP contribution in [0.25, 0.3) is 0 Å². The van der Waals surface area contributed by atoms with Gasteiger partial charge in [0.25, 0.3) is 0 Å². The van der Waals surface area contributed by atoms with Crippen molar-refractivity contribution < 1.29 is 42.2 Å². The molecule has 70 heavy (non-hydrogen) atoms. The zero-order chi connectivity index (χ0) is 51.0. The summed E-state index contributed by atoms with van der Waals surface area (Å²) in [5, 5.41) is 0. The Labute approximate surface area is 435 Å². The molecule has 1 heterocycles. The van der Waals surface area contributed by atoms with E-state index in [4.69, 9.17) is 28.4 Å². The summed E-state index contributed by atoms with van der Waals surface area (Å²) >= 11 is 0. The summed E-state index contributed by atoms with van der Waals surface area (Å²) in [5.41, 5.74) is 0.